The van der Waals surface area contributed by atoms with Crippen LogP contribution in [0.15, 0.2) is 27.6 Å². The van der Waals surface area contributed by atoms with Crippen molar-refractivity contribution in [3.05, 3.63) is 34.4 Å². The first-order chi connectivity index (χ1) is 15.8. The third kappa shape index (κ3) is 3.29. The Morgan fingerprint density at radius 2 is 1.82 bits per heavy atom. The summed E-state index contributed by atoms with van der Waals surface area (Å²) in [4.78, 5) is 25.3. The van der Waals surface area contributed by atoms with Crippen LogP contribution in [0.3, 0.4) is 0 Å². The van der Waals surface area contributed by atoms with Gasteiger partial charge in [0.2, 0.25) is 0 Å². The van der Waals surface area contributed by atoms with E-state index >= 15 is 0 Å². The smallest absolute Gasteiger partial charge is 0.397 e. The topological polar surface area (TPSA) is 151 Å². The van der Waals surface area contributed by atoms with Crippen molar-refractivity contribution < 1.29 is 36.6 Å². The van der Waals surface area contributed by atoms with Crippen LogP contribution >= 0.6 is 0 Å². The lowest BCUT2D eigenvalue weighted by Crippen LogP contribution is -2.70. The van der Waals surface area contributed by atoms with Gasteiger partial charge in [-0.15, -0.1) is 0 Å². The number of ketones is 1. The number of aliphatic hydroxyl groups is 2. The molecule has 1 heterocycles. The fourth-order valence-corrected chi connectivity index (χ4v) is 8.89. The van der Waals surface area contributed by atoms with Gasteiger partial charge in [-0.1, -0.05) is 6.92 Å². The maximum atomic E-state index is 13.9. The summed E-state index contributed by atoms with van der Waals surface area (Å²) >= 11 is 0. The summed E-state index contributed by atoms with van der Waals surface area (Å²) in [5, 5.41) is 23.7. The van der Waals surface area contributed by atoms with Crippen LogP contribution in [-0.2, 0) is 19.4 Å². The molecule has 4 saturated carbocycles. The standard InChI is InChI=1S/C24H32O9S/c1-22-9-7-15(33-34(29,30)31)11-14(22)4-5-17-19(22)20(26)21(27)23(2)16(8-10-24(17,23)28)13-3-6-18(25)32-12-13/h3,6,12,14-17,19-20,26,28H,4-5,7-11H2,1-2H3,(H,29,30,31). The molecule has 0 radical (unpaired) electrons. The summed E-state index contributed by atoms with van der Waals surface area (Å²) in [7, 11) is -4.56. The monoisotopic (exact) mass is 496 g/mol. The van der Waals surface area contributed by atoms with E-state index < -0.39 is 50.6 Å². The zero-order valence-electron chi connectivity index (χ0n) is 19.3. The van der Waals surface area contributed by atoms with Crippen LogP contribution in [0.5, 0.6) is 0 Å². The second kappa shape index (κ2) is 7.70. The van der Waals surface area contributed by atoms with Crippen LogP contribution in [0.4, 0.5) is 0 Å². The van der Waals surface area contributed by atoms with E-state index in [-0.39, 0.29) is 23.5 Å². The van der Waals surface area contributed by atoms with Gasteiger partial charge < -0.3 is 14.6 Å². The van der Waals surface area contributed by atoms with Gasteiger partial charge in [0.15, 0.2) is 5.78 Å². The van der Waals surface area contributed by atoms with Crippen molar-refractivity contribution in [1.82, 2.24) is 0 Å². The Bertz CT molecular complexity index is 1140. The Labute approximate surface area is 198 Å². The van der Waals surface area contributed by atoms with Gasteiger partial charge in [0.1, 0.15) is 6.10 Å². The molecule has 1 aromatic heterocycles. The normalized spacial score (nSPS) is 46.4. The summed E-state index contributed by atoms with van der Waals surface area (Å²) in [6, 6.07) is 2.94. The Kier molecular flexibility index (Phi) is 5.46. The molecule has 10 heteroatoms. The molecule has 4 aliphatic rings. The van der Waals surface area contributed by atoms with Crippen molar-refractivity contribution in [2.75, 3.05) is 0 Å². The first-order valence-electron chi connectivity index (χ1n) is 12.0. The van der Waals surface area contributed by atoms with E-state index in [1.54, 1.807) is 13.0 Å². The van der Waals surface area contributed by atoms with Crippen molar-refractivity contribution in [3.8, 4) is 0 Å². The molecule has 5 rings (SSSR count). The highest BCUT2D eigenvalue weighted by Gasteiger charge is 2.73. The maximum Gasteiger partial charge on any atom is 0.397 e. The first-order valence-corrected chi connectivity index (χ1v) is 13.4. The highest BCUT2D eigenvalue weighted by Crippen LogP contribution is 2.69. The van der Waals surface area contributed by atoms with Crippen LogP contribution in [0, 0.1) is 28.6 Å². The third-order valence-electron chi connectivity index (χ3n) is 10.0. The molecule has 3 N–H and O–H groups in total. The third-order valence-corrected chi connectivity index (χ3v) is 10.5. The Morgan fingerprint density at radius 1 is 1.09 bits per heavy atom. The summed E-state index contributed by atoms with van der Waals surface area (Å²) in [6.07, 6.45) is 2.98. The molecule has 4 fully saturated rings. The van der Waals surface area contributed by atoms with E-state index in [0.717, 1.165) is 0 Å². The summed E-state index contributed by atoms with van der Waals surface area (Å²) < 4.78 is 41.4. The number of hydrogen-bond acceptors (Lipinski definition) is 8. The molecule has 9 nitrogen and oxygen atoms in total. The zero-order chi connectivity index (χ0) is 24.7. The minimum atomic E-state index is -4.56. The van der Waals surface area contributed by atoms with Gasteiger partial charge in [-0.25, -0.2) is 8.98 Å². The van der Waals surface area contributed by atoms with E-state index in [9.17, 15) is 28.2 Å². The molecule has 0 aliphatic heterocycles. The molecule has 9 unspecified atom stereocenters. The maximum absolute atomic E-state index is 13.9. The van der Waals surface area contributed by atoms with E-state index in [0.29, 0.717) is 50.5 Å². The van der Waals surface area contributed by atoms with E-state index in [1.165, 1.54) is 12.3 Å². The van der Waals surface area contributed by atoms with Gasteiger partial charge in [-0.2, -0.15) is 8.42 Å². The van der Waals surface area contributed by atoms with Crippen LogP contribution in [0.2, 0.25) is 0 Å². The van der Waals surface area contributed by atoms with Crippen LogP contribution in [-0.4, -0.2) is 46.8 Å². The second-order valence-electron chi connectivity index (χ2n) is 11.2. The van der Waals surface area contributed by atoms with Gasteiger partial charge in [0.05, 0.1) is 23.4 Å². The fraction of sp³-hybridized carbons (Fsp3) is 0.750. The SMILES string of the molecule is CC12CCC(OS(=O)(=O)O)CC1CCC1C2C(O)C(=O)C2(C)C(c3ccc(=O)oc3)CCC12O. The first kappa shape index (κ1) is 24.1. The minimum absolute atomic E-state index is 0.00902. The molecule has 9 atom stereocenters. The molecular formula is C24H32O9S. The molecule has 188 valence electrons. The van der Waals surface area contributed by atoms with Crippen LogP contribution in [0.25, 0.3) is 0 Å². The lowest BCUT2D eigenvalue weighted by Gasteiger charge is -2.64. The summed E-state index contributed by atoms with van der Waals surface area (Å²) in [5.41, 5.74) is -2.84. The van der Waals surface area contributed by atoms with E-state index in [2.05, 4.69) is 0 Å². The summed E-state index contributed by atoms with van der Waals surface area (Å²) in [6.45, 7) is 3.77. The molecular weight excluding hydrogens is 464 g/mol. The average Bonchev–Trinajstić information content (AvgIpc) is 3.04. The number of hydrogen-bond donors (Lipinski definition) is 3. The van der Waals surface area contributed by atoms with E-state index in [1.807, 2.05) is 6.92 Å². The van der Waals surface area contributed by atoms with Crippen molar-refractivity contribution in [1.29, 1.82) is 0 Å². The minimum Gasteiger partial charge on any atom is -0.431 e. The molecule has 34 heavy (non-hydrogen) atoms. The summed E-state index contributed by atoms with van der Waals surface area (Å²) in [5.74, 6) is -1.54. The number of rotatable bonds is 3. The molecule has 0 bridgehead atoms. The number of carbonyl (C=O) groups excluding carboxylic acids is 1. The molecule has 0 spiro atoms. The molecule has 0 saturated heterocycles. The van der Waals surface area contributed by atoms with Gasteiger partial charge in [0, 0.05) is 17.9 Å². The Hall–Kier alpha value is -1.59. The molecule has 4 aliphatic carbocycles. The largest absolute Gasteiger partial charge is 0.431 e. The van der Waals surface area contributed by atoms with Crippen LogP contribution in [0.1, 0.15) is 70.3 Å². The molecule has 0 aromatic carbocycles. The van der Waals surface area contributed by atoms with Gasteiger partial charge in [0.25, 0.3) is 0 Å². The van der Waals surface area contributed by atoms with E-state index in [4.69, 9.17) is 13.2 Å². The number of aliphatic hydroxyl groups excluding tert-OH is 1. The van der Waals surface area contributed by atoms with Crippen molar-refractivity contribution in [3.63, 3.8) is 0 Å². The Balaban J connectivity index is 1.49. The molecule has 1 aromatic rings. The lowest BCUT2D eigenvalue weighted by molar-refractivity contribution is -0.227. The van der Waals surface area contributed by atoms with Crippen LogP contribution < -0.4 is 5.63 Å². The van der Waals surface area contributed by atoms with Gasteiger partial charge >= 0.3 is 16.0 Å². The molecule has 0 amide bonds. The van der Waals surface area contributed by atoms with Crippen molar-refractivity contribution in [2.24, 2.45) is 28.6 Å². The van der Waals surface area contributed by atoms with Gasteiger partial charge in [-0.3, -0.25) is 9.35 Å². The van der Waals surface area contributed by atoms with Crippen molar-refractivity contribution in [2.45, 2.75) is 82.5 Å². The highest BCUT2D eigenvalue weighted by molar-refractivity contribution is 7.80. The predicted molar refractivity (Wildman–Crippen MR) is 119 cm³/mol. The van der Waals surface area contributed by atoms with Gasteiger partial charge in [-0.05, 0) is 80.8 Å². The number of Topliss-reactive ketones (excluding diaryl/α,β-unsaturated/α-hetero) is 1. The average molecular weight is 497 g/mol. The predicted octanol–water partition coefficient (Wildman–Crippen LogP) is 2.22. The quantitative estimate of drug-likeness (QED) is 0.535. The fourth-order valence-electron chi connectivity index (χ4n) is 8.37. The number of carbonyl (C=O) groups is 1. The lowest BCUT2D eigenvalue weighted by atomic mass is 9.42. The second-order valence-corrected chi connectivity index (χ2v) is 12.3. The number of fused-ring (bicyclic) bond motifs is 5. The highest BCUT2D eigenvalue weighted by atomic mass is 32.3. The van der Waals surface area contributed by atoms with Crippen molar-refractivity contribution >= 4 is 16.2 Å². The zero-order valence-corrected chi connectivity index (χ0v) is 20.2. The Morgan fingerprint density at radius 3 is 2.47 bits per heavy atom.